The van der Waals surface area contributed by atoms with Crippen molar-refractivity contribution >= 4 is 26.7 Å². The first kappa shape index (κ1) is 15.7. The van der Waals surface area contributed by atoms with Crippen molar-refractivity contribution in [1.82, 2.24) is 0 Å². The van der Waals surface area contributed by atoms with Crippen LogP contribution in [0, 0.1) is 0 Å². The van der Waals surface area contributed by atoms with Gasteiger partial charge in [-0.15, -0.1) is 0 Å². The van der Waals surface area contributed by atoms with Gasteiger partial charge in [-0.05, 0) is 26.3 Å². The molecule has 1 atom stereocenters. The minimum atomic E-state index is -1.76. The molecule has 0 N–H and O–H groups in total. The van der Waals surface area contributed by atoms with E-state index < -0.39 is 14.6 Å². The van der Waals surface area contributed by atoms with Crippen molar-refractivity contribution in [1.29, 1.82) is 0 Å². The minimum Gasteiger partial charge on any atom is -0.405 e. The molecular weight excluding hydrogens is 236 g/mol. The van der Waals surface area contributed by atoms with Gasteiger partial charge in [-0.25, -0.2) is 0 Å². The number of thiol groups is 1. The van der Waals surface area contributed by atoms with Crippen LogP contribution in [0.4, 0.5) is 0 Å². The molecule has 15 heavy (non-hydrogen) atoms. The van der Waals surface area contributed by atoms with E-state index >= 15 is 0 Å². The largest absolute Gasteiger partial charge is 0.405 e. The second kappa shape index (κ2) is 5.38. The van der Waals surface area contributed by atoms with E-state index in [1.54, 1.807) is 0 Å². The van der Waals surface area contributed by atoms with E-state index in [0.717, 1.165) is 12.5 Å². The van der Waals surface area contributed by atoms with Crippen molar-refractivity contribution in [2.45, 2.75) is 71.8 Å². The molecule has 0 aromatic heterocycles. The van der Waals surface area contributed by atoms with Gasteiger partial charge in [-0.3, -0.25) is 0 Å². The lowest BCUT2D eigenvalue weighted by Crippen LogP contribution is -2.58. The highest BCUT2D eigenvalue weighted by atomic mass is 32.3. The molecule has 1 unspecified atom stereocenters. The molecule has 0 saturated heterocycles. The van der Waals surface area contributed by atoms with Crippen molar-refractivity contribution in [3.63, 3.8) is 0 Å². The van der Waals surface area contributed by atoms with Crippen LogP contribution in [0.15, 0.2) is 0 Å². The van der Waals surface area contributed by atoms with Gasteiger partial charge in [0.2, 0.25) is 6.98 Å². The van der Waals surface area contributed by atoms with Crippen molar-refractivity contribution < 1.29 is 4.43 Å². The van der Waals surface area contributed by atoms with Gasteiger partial charge in [0, 0.05) is 0 Å². The summed E-state index contributed by atoms with van der Waals surface area (Å²) in [6, 6.07) is 1.12. The van der Waals surface area contributed by atoms with Crippen LogP contribution < -0.4 is 0 Å². The fourth-order valence-electron chi connectivity index (χ4n) is 1.87. The Hall–Kier alpha value is 0.744. The highest BCUT2D eigenvalue weighted by Gasteiger charge is 2.46. The summed E-state index contributed by atoms with van der Waals surface area (Å²) in [7, 11) is -1.27. The molecule has 92 valence electrons. The Morgan fingerprint density at radius 1 is 1.13 bits per heavy atom. The molecule has 0 amide bonds. The van der Waals surface area contributed by atoms with E-state index in [2.05, 4.69) is 47.3 Å². The molecule has 0 radical (unpaired) electrons. The summed E-state index contributed by atoms with van der Waals surface area (Å²) in [5.74, 6) is 0. The quantitative estimate of drug-likeness (QED) is 0.553. The van der Waals surface area contributed by atoms with Crippen LogP contribution in [0.1, 0.15) is 40.5 Å². The summed E-state index contributed by atoms with van der Waals surface area (Å²) in [6.07, 6.45) is 2.31. The lowest BCUT2D eigenvalue weighted by molar-refractivity contribution is 0.0977. The molecule has 0 heterocycles. The molecule has 0 spiro atoms. The summed E-state index contributed by atoms with van der Waals surface area (Å²) in [5, 5.41) is 0. The molecule has 0 aromatic carbocycles. The standard InChI is InChI=1S/C11H28OSSi2/c1-8-10-11(3,4)12-15(13,9-2)14(5,6)7/h13H,8-10H2,1-7H3. The van der Waals surface area contributed by atoms with Gasteiger partial charge in [0.05, 0.1) is 13.2 Å². The third-order valence-corrected chi connectivity index (χ3v) is 22.8. The minimum absolute atomic E-state index is 0.0129. The number of rotatable bonds is 6. The summed E-state index contributed by atoms with van der Waals surface area (Å²) >= 11 is 4.96. The summed E-state index contributed by atoms with van der Waals surface area (Å²) in [6.45, 7) is 14.3. The highest BCUT2D eigenvalue weighted by Crippen LogP contribution is 2.33. The van der Waals surface area contributed by atoms with Crippen molar-refractivity contribution in [3.05, 3.63) is 0 Å². The van der Waals surface area contributed by atoms with Crippen LogP contribution in [0.2, 0.25) is 25.7 Å². The number of hydrogen-bond donors (Lipinski definition) is 1. The normalized spacial score (nSPS) is 17.6. The van der Waals surface area contributed by atoms with Crippen molar-refractivity contribution in [3.8, 4) is 0 Å². The van der Waals surface area contributed by atoms with E-state index in [-0.39, 0.29) is 5.60 Å². The maximum absolute atomic E-state index is 6.44. The van der Waals surface area contributed by atoms with Gasteiger partial charge in [0.1, 0.15) is 0 Å². The molecular formula is C11H28OSSi2. The first-order valence-electron chi connectivity index (χ1n) is 6.00. The van der Waals surface area contributed by atoms with Gasteiger partial charge in [-0.1, -0.05) is 39.9 Å². The third kappa shape index (κ3) is 4.63. The maximum Gasteiger partial charge on any atom is 0.235 e. The first-order chi connectivity index (χ1) is 6.58. The zero-order valence-corrected chi connectivity index (χ0v) is 14.4. The fraction of sp³-hybridized carbons (Fsp3) is 1.00. The molecule has 0 aliphatic heterocycles. The van der Waals surface area contributed by atoms with E-state index in [1.807, 2.05) is 0 Å². The fourth-order valence-corrected chi connectivity index (χ4v) is 10.1. The maximum atomic E-state index is 6.44. The van der Waals surface area contributed by atoms with E-state index in [0.29, 0.717) is 0 Å². The van der Waals surface area contributed by atoms with Crippen LogP contribution in [-0.2, 0) is 4.43 Å². The van der Waals surface area contributed by atoms with Crippen LogP contribution in [0.25, 0.3) is 0 Å². The Morgan fingerprint density at radius 2 is 1.60 bits per heavy atom. The lowest BCUT2D eigenvalue weighted by Gasteiger charge is -2.42. The van der Waals surface area contributed by atoms with E-state index in [1.165, 1.54) is 6.42 Å². The summed E-state index contributed by atoms with van der Waals surface area (Å²) in [4.78, 5) is 0. The van der Waals surface area contributed by atoms with Gasteiger partial charge in [0.15, 0.2) is 0 Å². The average Bonchev–Trinajstić information content (AvgIpc) is 2.00. The number of hydrogen-bond acceptors (Lipinski definition) is 2. The molecule has 0 aliphatic rings. The van der Waals surface area contributed by atoms with Gasteiger partial charge in [0.25, 0.3) is 0 Å². The zero-order chi connectivity index (χ0) is 12.3. The zero-order valence-electron chi connectivity index (χ0n) is 11.5. The second-order valence-corrected chi connectivity index (χ2v) is 23.3. The van der Waals surface area contributed by atoms with Crippen LogP contribution in [-0.4, -0.2) is 20.2 Å². The Morgan fingerprint density at radius 3 is 1.87 bits per heavy atom. The summed E-state index contributed by atoms with van der Waals surface area (Å²) < 4.78 is 6.44. The SMILES string of the molecule is CCCC(C)(C)O[Si](S)(CC)[Si](C)(C)C. The van der Waals surface area contributed by atoms with Crippen molar-refractivity contribution in [2.24, 2.45) is 0 Å². The van der Waals surface area contributed by atoms with Gasteiger partial charge in [-0.2, -0.15) is 12.1 Å². The molecule has 1 nitrogen and oxygen atoms in total. The highest BCUT2D eigenvalue weighted by molar-refractivity contribution is 8.21. The molecule has 0 aliphatic carbocycles. The van der Waals surface area contributed by atoms with E-state index in [4.69, 9.17) is 16.5 Å². The van der Waals surface area contributed by atoms with Gasteiger partial charge < -0.3 is 4.43 Å². The lowest BCUT2D eigenvalue weighted by atomic mass is 10.0. The molecule has 0 bridgehead atoms. The Kier molecular flexibility index (Phi) is 5.65. The smallest absolute Gasteiger partial charge is 0.235 e. The Bertz CT molecular complexity index is 201. The first-order valence-corrected chi connectivity index (χ1v) is 13.9. The molecule has 0 aromatic rings. The van der Waals surface area contributed by atoms with Crippen molar-refractivity contribution in [2.75, 3.05) is 0 Å². The van der Waals surface area contributed by atoms with Crippen LogP contribution in [0.5, 0.6) is 0 Å². The third-order valence-electron chi connectivity index (χ3n) is 2.95. The topological polar surface area (TPSA) is 9.23 Å². The Balaban J connectivity index is 4.72. The molecule has 4 heteroatoms. The molecule has 0 saturated carbocycles. The summed E-state index contributed by atoms with van der Waals surface area (Å²) in [5.41, 5.74) is 0.0129. The van der Waals surface area contributed by atoms with E-state index in [9.17, 15) is 0 Å². The van der Waals surface area contributed by atoms with Gasteiger partial charge >= 0.3 is 0 Å². The monoisotopic (exact) mass is 264 g/mol. The average molecular weight is 265 g/mol. The second-order valence-electron chi connectivity index (χ2n) is 6.00. The predicted molar refractivity (Wildman–Crippen MR) is 78.6 cm³/mol. The predicted octanol–water partition coefficient (Wildman–Crippen LogP) is 4.39. The molecule has 0 fully saturated rings. The molecule has 0 rings (SSSR count). The van der Waals surface area contributed by atoms with Crippen LogP contribution >= 0.6 is 12.1 Å². The van der Waals surface area contributed by atoms with Crippen LogP contribution in [0.3, 0.4) is 0 Å². The Labute approximate surface area is 103 Å².